The Bertz CT molecular complexity index is 105. The molecule has 0 aromatic carbocycles. The molecule has 0 unspecified atom stereocenters. The zero-order valence-corrected chi connectivity index (χ0v) is 5.87. The van der Waals surface area contributed by atoms with Crippen LogP contribution in [0.25, 0.3) is 0 Å². The molecule has 0 atom stereocenters. The van der Waals surface area contributed by atoms with Crippen LogP contribution in [0.2, 0.25) is 0 Å². The van der Waals surface area contributed by atoms with E-state index in [1.165, 1.54) is 0 Å². The fourth-order valence-electron chi connectivity index (χ4n) is 0.331. The van der Waals surface area contributed by atoms with Crippen molar-refractivity contribution in [2.45, 2.75) is 19.2 Å². The first-order chi connectivity index (χ1) is 4.66. The van der Waals surface area contributed by atoms with Crippen LogP contribution in [0.1, 0.15) is 13.3 Å². The average Bonchev–Trinajstić information content (AvgIpc) is 1.82. The molecule has 0 aliphatic rings. The highest BCUT2D eigenvalue weighted by atomic mass is 16.7. The molecule has 0 saturated carbocycles. The minimum Gasteiger partial charge on any atom is -0.451 e. The molecule has 0 bridgehead atoms. The molecule has 0 fully saturated rings. The molecule has 5 heteroatoms. The number of hydrogen-bond donors (Lipinski definition) is 0. The molecule has 0 heterocycles. The van der Waals surface area contributed by atoms with Crippen LogP contribution in [0.15, 0.2) is 0 Å². The number of carbonyl (C=O) groups excluding carboxylic acids is 1. The van der Waals surface area contributed by atoms with Gasteiger partial charge in [0.1, 0.15) is 15.7 Å². The Hall–Kier alpha value is -0.600. The van der Waals surface area contributed by atoms with Crippen molar-refractivity contribution in [2.75, 3.05) is 6.61 Å². The predicted octanol–water partition coefficient (Wildman–Crippen LogP) is 0.170. The van der Waals surface area contributed by atoms with Gasteiger partial charge in [0.25, 0.3) is 0 Å². The predicted molar refractivity (Wildman–Crippen MR) is 38.0 cm³/mol. The molecule has 0 aromatic rings. The lowest BCUT2D eigenvalue weighted by molar-refractivity contribution is 0.0607. The second-order valence-corrected chi connectivity index (χ2v) is 1.68. The molecule has 0 aliphatic heterocycles. The molecule has 3 nitrogen and oxygen atoms in total. The Labute approximate surface area is 62.9 Å². The first-order valence-electron chi connectivity index (χ1n) is 3.01. The van der Waals surface area contributed by atoms with E-state index in [4.69, 9.17) is 15.7 Å². The summed E-state index contributed by atoms with van der Waals surface area (Å²) in [7, 11) is 9.84. The summed E-state index contributed by atoms with van der Waals surface area (Å²) in [5.41, 5.74) is 0. The lowest BCUT2D eigenvalue weighted by Crippen LogP contribution is -2.19. The third kappa shape index (κ3) is 5.54. The highest BCUT2D eigenvalue weighted by Gasteiger charge is 2.03. The van der Waals surface area contributed by atoms with Gasteiger partial charge in [-0.1, -0.05) is 6.92 Å². The van der Waals surface area contributed by atoms with E-state index in [1.54, 1.807) is 0 Å². The van der Waals surface area contributed by atoms with E-state index in [1.807, 2.05) is 6.92 Å². The summed E-state index contributed by atoms with van der Waals surface area (Å²) >= 11 is 0. The van der Waals surface area contributed by atoms with E-state index < -0.39 is 12.1 Å². The monoisotopic (exact) mass is 138 g/mol. The quantitative estimate of drug-likeness (QED) is 0.411. The summed E-state index contributed by atoms with van der Waals surface area (Å²) in [5.74, 6) is -1.09. The minimum atomic E-state index is -1.09. The van der Waals surface area contributed by atoms with Crippen molar-refractivity contribution in [3.63, 3.8) is 0 Å². The second kappa shape index (κ2) is 5.21. The van der Waals surface area contributed by atoms with Gasteiger partial charge in [-0.3, -0.25) is 0 Å². The Balaban J connectivity index is 3.26. The molecule has 4 radical (unpaired) electrons. The third-order valence-corrected chi connectivity index (χ3v) is 0.656. The van der Waals surface area contributed by atoms with Gasteiger partial charge < -0.3 is 9.47 Å². The van der Waals surface area contributed by atoms with Gasteiger partial charge in [0, 0.05) is 5.90 Å². The van der Waals surface area contributed by atoms with Gasteiger partial charge >= 0.3 is 6.16 Å². The normalized spacial score (nSPS) is 9.40. The van der Waals surface area contributed by atoms with E-state index in [9.17, 15) is 4.79 Å². The number of hydrogen-bond acceptors (Lipinski definition) is 3. The van der Waals surface area contributed by atoms with Gasteiger partial charge in [-0.2, -0.15) is 0 Å². The molecule has 0 amide bonds. The van der Waals surface area contributed by atoms with Gasteiger partial charge in [-0.15, -0.1) is 0 Å². The van der Waals surface area contributed by atoms with Gasteiger partial charge in [0.15, 0.2) is 0 Å². The zero-order valence-electron chi connectivity index (χ0n) is 5.87. The van der Waals surface area contributed by atoms with Crippen LogP contribution in [0.4, 0.5) is 4.79 Å². The molecule has 52 valence electrons. The van der Waals surface area contributed by atoms with E-state index in [0.29, 0.717) is 6.61 Å². The van der Waals surface area contributed by atoms with Crippen LogP contribution < -0.4 is 0 Å². The topological polar surface area (TPSA) is 35.5 Å². The second-order valence-electron chi connectivity index (χ2n) is 1.68. The summed E-state index contributed by atoms with van der Waals surface area (Å²) in [5, 5.41) is 0. The molecule has 0 spiro atoms. The van der Waals surface area contributed by atoms with Gasteiger partial charge in [0.2, 0.25) is 0 Å². The van der Waals surface area contributed by atoms with Crippen molar-refractivity contribution in [1.29, 1.82) is 0 Å². The Morgan fingerprint density at radius 2 is 2.20 bits per heavy atom. The number of rotatable bonds is 3. The van der Waals surface area contributed by atoms with Crippen LogP contribution in [-0.4, -0.2) is 34.4 Å². The molecule has 0 saturated heterocycles. The zero-order chi connectivity index (χ0) is 7.98. The van der Waals surface area contributed by atoms with Crippen LogP contribution in [0, 0.1) is 0 Å². The number of ether oxygens (including phenoxy) is 2. The van der Waals surface area contributed by atoms with Gasteiger partial charge in [0.05, 0.1) is 6.61 Å². The highest BCUT2D eigenvalue weighted by molar-refractivity contribution is 6.35. The number of carbonyl (C=O) groups is 1. The molecule has 0 aliphatic carbocycles. The largest absolute Gasteiger partial charge is 0.506 e. The molecule has 10 heavy (non-hydrogen) atoms. The first-order valence-corrected chi connectivity index (χ1v) is 3.01. The van der Waals surface area contributed by atoms with Crippen molar-refractivity contribution >= 4 is 21.8 Å². The SMILES string of the molecule is [B]C([B])OC(=O)OCCC. The summed E-state index contributed by atoms with van der Waals surface area (Å²) in [6.07, 6.45) is -0.0774. The van der Waals surface area contributed by atoms with Crippen molar-refractivity contribution in [1.82, 2.24) is 0 Å². The van der Waals surface area contributed by atoms with Crippen LogP contribution in [0.3, 0.4) is 0 Å². The Morgan fingerprint density at radius 3 is 2.60 bits per heavy atom. The molecule has 0 aromatic heterocycles. The van der Waals surface area contributed by atoms with Gasteiger partial charge in [-0.05, 0) is 6.42 Å². The van der Waals surface area contributed by atoms with Crippen LogP contribution in [0.5, 0.6) is 0 Å². The van der Waals surface area contributed by atoms with Crippen molar-refractivity contribution < 1.29 is 14.3 Å². The smallest absolute Gasteiger partial charge is 0.451 e. The van der Waals surface area contributed by atoms with Gasteiger partial charge in [-0.25, -0.2) is 4.79 Å². The van der Waals surface area contributed by atoms with Crippen molar-refractivity contribution in [3.8, 4) is 0 Å². The Morgan fingerprint density at radius 1 is 1.60 bits per heavy atom. The third-order valence-electron chi connectivity index (χ3n) is 0.656. The summed E-state index contributed by atoms with van der Waals surface area (Å²) < 4.78 is 8.73. The van der Waals surface area contributed by atoms with Crippen molar-refractivity contribution in [2.24, 2.45) is 0 Å². The van der Waals surface area contributed by atoms with E-state index >= 15 is 0 Å². The first kappa shape index (κ1) is 9.40. The average molecular weight is 138 g/mol. The maximum Gasteiger partial charge on any atom is 0.506 e. The Kier molecular flexibility index (Phi) is 4.89. The molecule has 0 rings (SSSR count). The fraction of sp³-hybridized carbons (Fsp3) is 0.800. The summed E-state index contributed by atoms with van der Waals surface area (Å²) in [6.45, 7) is 2.20. The lowest BCUT2D eigenvalue weighted by atomic mass is 9.82. The maximum absolute atomic E-state index is 10.4. The van der Waals surface area contributed by atoms with Crippen molar-refractivity contribution in [3.05, 3.63) is 0 Å². The lowest BCUT2D eigenvalue weighted by Gasteiger charge is -2.07. The fourth-order valence-corrected chi connectivity index (χ4v) is 0.331. The summed E-state index contributed by atoms with van der Waals surface area (Å²) in [4.78, 5) is 10.4. The van der Waals surface area contributed by atoms with E-state index in [2.05, 4.69) is 9.47 Å². The van der Waals surface area contributed by atoms with E-state index in [-0.39, 0.29) is 0 Å². The van der Waals surface area contributed by atoms with Crippen LogP contribution in [-0.2, 0) is 9.47 Å². The van der Waals surface area contributed by atoms with Crippen LogP contribution >= 0.6 is 0 Å². The highest BCUT2D eigenvalue weighted by Crippen LogP contribution is 1.88. The van der Waals surface area contributed by atoms with E-state index in [0.717, 1.165) is 6.42 Å². The molecular weight excluding hydrogens is 130 g/mol. The molecular formula is C5H8B2O3. The minimum absolute atomic E-state index is 0.325. The standard InChI is InChI=1S/C5H8B2O3/c1-2-3-9-5(8)10-4(6)7/h4H,2-3H2,1H3. The maximum atomic E-state index is 10.4. The molecule has 0 N–H and O–H groups in total. The summed E-state index contributed by atoms with van der Waals surface area (Å²) in [6, 6.07) is 0.